The summed E-state index contributed by atoms with van der Waals surface area (Å²) in [5.41, 5.74) is 9.27. The van der Waals surface area contributed by atoms with E-state index in [2.05, 4.69) is 85.2 Å². The summed E-state index contributed by atoms with van der Waals surface area (Å²) in [5.74, 6) is 5.79. The quantitative estimate of drug-likeness (QED) is 0.493. The summed E-state index contributed by atoms with van der Waals surface area (Å²) >= 11 is 2.33. The van der Waals surface area contributed by atoms with Crippen molar-refractivity contribution < 1.29 is 0 Å². The highest BCUT2D eigenvalue weighted by atomic mass is 127. The van der Waals surface area contributed by atoms with Gasteiger partial charge in [-0.1, -0.05) is 24.3 Å². The molecule has 0 saturated heterocycles. The summed E-state index contributed by atoms with van der Waals surface area (Å²) in [6.07, 6.45) is 0. The highest BCUT2D eigenvalue weighted by Gasteiger charge is 2.15. The zero-order chi connectivity index (χ0) is 14.0. The third-order valence-electron chi connectivity index (χ3n) is 3.54. The van der Waals surface area contributed by atoms with E-state index in [1.807, 2.05) is 0 Å². The number of nitrogens with one attached hydrogen (secondary N) is 1. The fourth-order valence-electron chi connectivity index (χ4n) is 2.35. The van der Waals surface area contributed by atoms with E-state index in [1.54, 1.807) is 0 Å². The number of halogens is 1. The van der Waals surface area contributed by atoms with Crippen molar-refractivity contribution in [2.45, 2.75) is 26.8 Å². The lowest BCUT2D eigenvalue weighted by molar-refractivity contribution is 0.633. The van der Waals surface area contributed by atoms with Gasteiger partial charge in [-0.05, 0) is 83.3 Å². The number of rotatable bonds is 3. The third-order valence-corrected chi connectivity index (χ3v) is 4.21. The minimum Gasteiger partial charge on any atom is -0.271 e. The molecular weight excluding hydrogens is 347 g/mol. The predicted octanol–water partition coefficient (Wildman–Crippen LogP) is 3.77. The number of nitrogens with two attached hydrogens (primary N) is 1. The molecular formula is C16H19IN2. The lowest BCUT2D eigenvalue weighted by Crippen LogP contribution is -2.29. The zero-order valence-corrected chi connectivity index (χ0v) is 13.7. The SMILES string of the molecule is Cc1cc(C)c(C(NN)c2cccc(I)c2)cc1C. The molecule has 0 amide bonds. The Hall–Kier alpha value is -0.910. The summed E-state index contributed by atoms with van der Waals surface area (Å²) in [6, 6.07) is 12.9. The first-order chi connectivity index (χ1) is 9.02. The van der Waals surface area contributed by atoms with E-state index < -0.39 is 0 Å². The van der Waals surface area contributed by atoms with Crippen molar-refractivity contribution in [3.05, 3.63) is 67.8 Å². The van der Waals surface area contributed by atoms with E-state index in [9.17, 15) is 0 Å². The topological polar surface area (TPSA) is 38.0 Å². The molecule has 0 bridgehead atoms. The van der Waals surface area contributed by atoms with Gasteiger partial charge in [0.1, 0.15) is 0 Å². The summed E-state index contributed by atoms with van der Waals surface area (Å²) < 4.78 is 1.22. The van der Waals surface area contributed by atoms with Crippen molar-refractivity contribution in [3.8, 4) is 0 Å². The minimum absolute atomic E-state index is 0.0361. The van der Waals surface area contributed by atoms with Crippen molar-refractivity contribution in [1.29, 1.82) is 0 Å². The average molecular weight is 366 g/mol. The lowest BCUT2D eigenvalue weighted by atomic mass is 9.92. The second kappa shape index (κ2) is 6.03. The smallest absolute Gasteiger partial charge is 0.0713 e. The molecule has 3 N–H and O–H groups in total. The van der Waals surface area contributed by atoms with Crippen molar-refractivity contribution in [3.63, 3.8) is 0 Å². The number of benzene rings is 2. The molecule has 0 saturated carbocycles. The van der Waals surface area contributed by atoms with Crippen LogP contribution in [0.3, 0.4) is 0 Å². The van der Waals surface area contributed by atoms with Gasteiger partial charge < -0.3 is 0 Å². The maximum Gasteiger partial charge on any atom is 0.0713 e. The third kappa shape index (κ3) is 3.16. The van der Waals surface area contributed by atoms with Crippen molar-refractivity contribution in [2.24, 2.45) is 5.84 Å². The Morgan fingerprint density at radius 2 is 1.68 bits per heavy atom. The fraction of sp³-hybridized carbons (Fsp3) is 0.250. The average Bonchev–Trinajstić information content (AvgIpc) is 2.36. The van der Waals surface area contributed by atoms with Crippen LogP contribution in [0.2, 0.25) is 0 Å². The largest absolute Gasteiger partial charge is 0.271 e. The van der Waals surface area contributed by atoms with Gasteiger partial charge in [0.25, 0.3) is 0 Å². The highest BCUT2D eigenvalue weighted by Crippen LogP contribution is 2.27. The van der Waals surface area contributed by atoms with Crippen molar-refractivity contribution in [1.82, 2.24) is 5.43 Å². The van der Waals surface area contributed by atoms with Crippen LogP contribution >= 0.6 is 22.6 Å². The molecule has 0 aliphatic heterocycles. The molecule has 1 unspecified atom stereocenters. The normalized spacial score (nSPS) is 12.5. The number of hydrogen-bond acceptors (Lipinski definition) is 2. The predicted molar refractivity (Wildman–Crippen MR) is 89.0 cm³/mol. The number of hydrazine groups is 1. The minimum atomic E-state index is 0.0361. The summed E-state index contributed by atoms with van der Waals surface area (Å²) in [6.45, 7) is 6.42. The Balaban J connectivity index is 2.51. The maximum atomic E-state index is 5.79. The van der Waals surface area contributed by atoms with Crippen LogP contribution in [0.1, 0.15) is 33.9 Å². The van der Waals surface area contributed by atoms with Gasteiger partial charge in [-0.2, -0.15) is 0 Å². The maximum absolute atomic E-state index is 5.79. The van der Waals surface area contributed by atoms with Crippen LogP contribution in [0.25, 0.3) is 0 Å². The van der Waals surface area contributed by atoms with Crippen LogP contribution in [0.15, 0.2) is 36.4 Å². The molecule has 0 aliphatic carbocycles. The first kappa shape index (κ1) is 14.5. The van der Waals surface area contributed by atoms with Crippen LogP contribution in [0.5, 0.6) is 0 Å². The van der Waals surface area contributed by atoms with Crippen molar-refractivity contribution >= 4 is 22.6 Å². The Labute approximate surface area is 128 Å². The molecule has 2 aromatic rings. The Kier molecular flexibility index (Phi) is 4.60. The molecule has 0 aliphatic rings. The molecule has 2 nitrogen and oxygen atoms in total. The molecule has 1 atom stereocenters. The van der Waals surface area contributed by atoms with E-state index in [4.69, 9.17) is 5.84 Å². The first-order valence-corrected chi connectivity index (χ1v) is 7.40. The second-order valence-electron chi connectivity index (χ2n) is 4.95. The molecule has 0 spiro atoms. The summed E-state index contributed by atoms with van der Waals surface area (Å²) in [7, 11) is 0. The summed E-state index contributed by atoms with van der Waals surface area (Å²) in [5, 5.41) is 0. The van der Waals surface area contributed by atoms with E-state index in [0.29, 0.717) is 0 Å². The molecule has 2 rings (SSSR count). The molecule has 2 aromatic carbocycles. The Bertz CT molecular complexity index is 593. The van der Waals surface area contributed by atoms with Gasteiger partial charge in [-0.25, -0.2) is 5.43 Å². The van der Waals surface area contributed by atoms with Crippen LogP contribution in [-0.4, -0.2) is 0 Å². The van der Waals surface area contributed by atoms with Gasteiger partial charge in [0.15, 0.2) is 0 Å². The molecule has 19 heavy (non-hydrogen) atoms. The van der Waals surface area contributed by atoms with Gasteiger partial charge in [-0.15, -0.1) is 0 Å². The number of aryl methyl sites for hydroxylation is 3. The fourth-order valence-corrected chi connectivity index (χ4v) is 2.91. The van der Waals surface area contributed by atoms with Gasteiger partial charge in [0.05, 0.1) is 6.04 Å². The number of hydrogen-bond donors (Lipinski definition) is 2. The van der Waals surface area contributed by atoms with Crippen molar-refractivity contribution in [2.75, 3.05) is 0 Å². The summed E-state index contributed by atoms with van der Waals surface area (Å²) in [4.78, 5) is 0. The zero-order valence-electron chi connectivity index (χ0n) is 11.5. The second-order valence-corrected chi connectivity index (χ2v) is 6.19. The van der Waals surface area contributed by atoms with Crippen LogP contribution in [0, 0.1) is 24.3 Å². The Morgan fingerprint density at radius 1 is 1.00 bits per heavy atom. The molecule has 0 heterocycles. The molecule has 100 valence electrons. The van der Waals surface area contributed by atoms with Crippen LogP contribution in [0.4, 0.5) is 0 Å². The first-order valence-electron chi connectivity index (χ1n) is 6.32. The van der Waals surface area contributed by atoms with Gasteiger partial charge in [0.2, 0.25) is 0 Å². The van der Waals surface area contributed by atoms with Gasteiger partial charge in [-0.3, -0.25) is 5.84 Å². The van der Waals surface area contributed by atoms with E-state index >= 15 is 0 Å². The molecule has 0 radical (unpaired) electrons. The van der Waals surface area contributed by atoms with Gasteiger partial charge in [0, 0.05) is 3.57 Å². The van der Waals surface area contributed by atoms with Gasteiger partial charge >= 0.3 is 0 Å². The van der Waals surface area contributed by atoms with Crippen LogP contribution in [-0.2, 0) is 0 Å². The molecule has 0 fully saturated rings. The molecule has 3 heteroatoms. The van der Waals surface area contributed by atoms with E-state index in [-0.39, 0.29) is 6.04 Å². The monoisotopic (exact) mass is 366 g/mol. The van der Waals surface area contributed by atoms with Crippen LogP contribution < -0.4 is 11.3 Å². The molecule has 0 aromatic heterocycles. The highest BCUT2D eigenvalue weighted by molar-refractivity contribution is 14.1. The standard InChI is InChI=1S/C16H19IN2/c1-10-7-12(3)15(8-11(10)2)16(19-18)13-5-4-6-14(17)9-13/h4-9,16,19H,18H2,1-3H3. The van der Waals surface area contributed by atoms with E-state index in [1.165, 1.54) is 31.4 Å². The van der Waals surface area contributed by atoms with E-state index in [0.717, 1.165) is 0 Å². The Morgan fingerprint density at radius 3 is 2.32 bits per heavy atom. The lowest BCUT2D eigenvalue weighted by Gasteiger charge is -2.21.